The third kappa shape index (κ3) is 6.26. The van der Waals surface area contributed by atoms with Crippen molar-refractivity contribution in [3.63, 3.8) is 0 Å². The summed E-state index contributed by atoms with van der Waals surface area (Å²) in [6.45, 7) is 2.29. The number of urea groups is 1. The van der Waals surface area contributed by atoms with Gasteiger partial charge in [0, 0.05) is 16.2 Å². The second-order valence-electron chi connectivity index (χ2n) is 4.35. The van der Waals surface area contributed by atoms with Crippen LogP contribution < -0.4 is 10.6 Å². The molecule has 1 heterocycles. The second-order valence-corrected chi connectivity index (χ2v) is 5.72. The fraction of sp³-hybridized carbons (Fsp3) is 0.462. The molecular formula is C13H18N2O5S. The van der Waals surface area contributed by atoms with E-state index in [1.165, 1.54) is 7.11 Å². The Kier molecular flexibility index (Phi) is 6.67. The molecule has 0 aromatic carbocycles. The number of ether oxygens (including phenoxy) is 1. The van der Waals surface area contributed by atoms with Crippen LogP contribution in [-0.4, -0.2) is 36.2 Å². The van der Waals surface area contributed by atoms with Crippen molar-refractivity contribution >= 4 is 29.3 Å². The number of aryl methyl sites for hydroxylation is 1. The van der Waals surface area contributed by atoms with Crippen molar-refractivity contribution in [3.05, 3.63) is 21.9 Å². The van der Waals surface area contributed by atoms with Gasteiger partial charge in [-0.1, -0.05) is 0 Å². The number of hydrogen-bond acceptors (Lipinski definition) is 5. The van der Waals surface area contributed by atoms with E-state index in [4.69, 9.17) is 5.11 Å². The summed E-state index contributed by atoms with van der Waals surface area (Å²) >= 11 is 1.55. The molecule has 0 aliphatic rings. The molecule has 1 rings (SSSR count). The van der Waals surface area contributed by atoms with Crippen molar-refractivity contribution in [1.29, 1.82) is 0 Å². The summed E-state index contributed by atoms with van der Waals surface area (Å²) in [5.41, 5.74) is 0. The van der Waals surface area contributed by atoms with Gasteiger partial charge >= 0.3 is 18.0 Å². The number of esters is 1. The van der Waals surface area contributed by atoms with Gasteiger partial charge in [-0.2, -0.15) is 0 Å². The lowest BCUT2D eigenvalue weighted by Crippen LogP contribution is -2.45. The molecule has 2 amide bonds. The average Bonchev–Trinajstić information content (AvgIpc) is 2.86. The molecule has 0 saturated heterocycles. The lowest BCUT2D eigenvalue weighted by atomic mass is 10.1. The van der Waals surface area contributed by atoms with Crippen LogP contribution in [0.4, 0.5) is 4.79 Å². The van der Waals surface area contributed by atoms with Crippen molar-refractivity contribution in [2.45, 2.75) is 32.4 Å². The van der Waals surface area contributed by atoms with Gasteiger partial charge in [-0.3, -0.25) is 4.79 Å². The number of carbonyl (C=O) groups is 3. The molecule has 0 aliphatic carbocycles. The lowest BCUT2D eigenvalue weighted by molar-refractivity contribution is -0.142. The van der Waals surface area contributed by atoms with Gasteiger partial charge in [0.15, 0.2) is 0 Å². The molecular weight excluding hydrogens is 296 g/mol. The Hall–Kier alpha value is -2.09. The van der Waals surface area contributed by atoms with Gasteiger partial charge in [-0.25, -0.2) is 9.59 Å². The molecule has 1 aromatic heterocycles. The molecule has 0 saturated carbocycles. The van der Waals surface area contributed by atoms with Gasteiger partial charge in [-0.05, 0) is 25.5 Å². The van der Waals surface area contributed by atoms with E-state index in [1.807, 2.05) is 19.1 Å². The third-order valence-corrected chi connectivity index (χ3v) is 3.69. The summed E-state index contributed by atoms with van der Waals surface area (Å²) in [4.78, 5) is 35.8. The first kappa shape index (κ1) is 17.0. The number of aliphatic carboxylic acids is 1. The van der Waals surface area contributed by atoms with E-state index < -0.39 is 24.0 Å². The maximum absolute atomic E-state index is 11.7. The topological polar surface area (TPSA) is 105 Å². The monoisotopic (exact) mass is 314 g/mol. The summed E-state index contributed by atoms with van der Waals surface area (Å²) in [6, 6.07) is 2.12. The van der Waals surface area contributed by atoms with Gasteiger partial charge in [-0.15, -0.1) is 11.3 Å². The number of hydrogen-bond donors (Lipinski definition) is 3. The molecule has 1 aromatic rings. The zero-order valence-corrected chi connectivity index (χ0v) is 12.7. The van der Waals surface area contributed by atoms with Gasteiger partial charge < -0.3 is 20.5 Å². The van der Waals surface area contributed by atoms with Crippen molar-refractivity contribution in [2.75, 3.05) is 7.11 Å². The maximum atomic E-state index is 11.7. The molecule has 21 heavy (non-hydrogen) atoms. The van der Waals surface area contributed by atoms with E-state index >= 15 is 0 Å². The molecule has 3 N–H and O–H groups in total. The zero-order chi connectivity index (χ0) is 15.8. The van der Waals surface area contributed by atoms with Crippen LogP contribution in [0.1, 0.15) is 22.6 Å². The largest absolute Gasteiger partial charge is 0.480 e. The fourth-order valence-electron chi connectivity index (χ4n) is 1.58. The van der Waals surface area contributed by atoms with Gasteiger partial charge in [0.05, 0.1) is 13.7 Å². The maximum Gasteiger partial charge on any atom is 0.326 e. The smallest absolute Gasteiger partial charge is 0.326 e. The molecule has 116 valence electrons. The Morgan fingerprint density at radius 1 is 1.38 bits per heavy atom. The van der Waals surface area contributed by atoms with Crippen LogP contribution in [0.5, 0.6) is 0 Å². The number of carbonyl (C=O) groups excluding carboxylic acids is 2. The minimum absolute atomic E-state index is 0.0203. The molecule has 7 nitrogen and oxygen atoms in total. The van der Waals surface area contributed by atoms with E-state index in [1.54, 1.807) is 11.3 Å². The molecule has 0 radical (unpaired) electrons. The third-order valence-electron chi connectivity index (χ3n) is 2.69. The van der Waals surface area contributed by atoms with E-state index in [9.17, 15) is 14.4 Å². The van der Waals surface area contributed by atoms with Gasteiger partial charge in [0.25, 0.3) is 0 Å². The van der Waals surface area contributed by atoms with Crippen LogP contribution in [0, 0.1) is 6.92 Å². The molecule has 0 fully saturated rings. The molecule has 0 unspecified atom stereocenters. The summed E-state index contributed by atoms with van der Waals surface area (Å²) in [6.07, 6.45) is -0.0919. The second kappa shape index (κ2) is 8.25. The molecule has 0 spiro atoms. The minimum atomic E-state index is -1.19. The first-order valence-electron chi connectivity index (χ1n) is 6.31. The van der Waals surface area contributed by atoms with Crippen molar-refractivity contribution < 1.29 is 24.2 Å². The molecule has 0 aliphatic heterocycles. The van der Waals surface area contributed by atoms with E-state index in [0.29, 0.717) is 6.54 Å². The molecule has 0 bridgehead atoms. The van der Waals surface area contributed by atoms with Crippen LogP contribution in [0.2, 0.25) is 0 Å². The highest BCUT2D eigenvalue weighted by molar-refractivity contribution is 7.11. The van der Waals surface area contributed by atoms with Crippen LogP contribution in [0.15, 0.2) is 12.1 Å². The number of carboxylic acids is 1. The number of carboxylic acid groups (broad SMARTS) is 1. The summed E-state index contributed by atoms with van der Waals surface area (Å²) < 4.78 is 4.43. The summed E-state index contributed by atoms with van der Waals surface area (Å²) in [7, 11) is 1.22. The van der Waals surface area contributed by atoms with Crippen LogP contribution >= 0.6 is 11.3 Å². The minimum Gasteiger partial charge on any atom is -0.480 e. The van der Waals surface area contributed by atoms with Gasteiger partial charge in [0.2, 0.25) is 0 Å². The zero-order valence-electron chi connectivity index (χ0n) is 11.8. The van der Waals surface area contributed by atoms with Crippen molar-refractivity contribution in [3.8, 4) is 0 Å². The Bertz CT molecular complexity index is 514. The first-order chi connectivity index (χ1) is 9.92. The quantitative estimate of drug-likeness (QED) is 0.657. The predicted octanol–water partition coefficient (Wildman–Crippen LogP) is 1.26. The number of rotatable bonds is 7. The number of nitrogens with one attached hydrogen (secondary N) is 2. The molecule has 1 atom stereocenters. The van der Waals surface area contributed by atoms with Crippen LogP contribution in [0.3, 0.4) is 0 Å². The number of methoxy groups -OCH3 is 1. The number of thiophene rings is 1. The predicted molar refractivity (Wildman–Crippen MR) is 77.1 cm³/mol. The highest BCUT2D eigenvalue weighted by Crippen LogP contribution is 2.14. The highest BCUT2D eigenvalue weighted by Gasteiger charge is 2.21. The Morgan fingerprint density at radius 2 is 2.10 bits per heavy atom. The average molecular weight is 314 g/mol. The summed E-state index contributed by atoms with van der Waals surface area (Å²) in [5.74, 6) is -1.71. The van der Waals surface area contributed by atoms with E-state index in [2.05, 4.69) is 15.4 Å². The number of amides is 2. The fourth-order valence-corrected chi connectivity index (χ4v) is 2.41. The first-order valence-corrected chi connectivity index (χ1v) is 7.13. The Balaban J connectivity index is 2.41. The highest BCUT2D eigenvalue weighted by atomic mass is 32.1. The summed E-state index contributed by atoms with van der Waals surface area (Å²) in [5, 5.41) is 13.9. The SMILES string of the molecule is COC(=O)CC[C@@H](NC(=O)NCc1ccc(C)s1)C(=O)O. The van der Waals surface area contributed by atoms with Crippen LogP contribution in [0.25, 0.3) is 0 Å². The van der Waals surface area contributed by atoms with E-state index in [0.717, 1.165) is 9.75 Å². The van der Waals surface area contributed by atoms with E-state index in [-0.39, 0.29) is 12.8 Å². The molecule has 8 heteroatoms. The van der Waals surface area contributed by atoms with Crippen molar-refractivity contribution in [2.24, 2.45) is 0 Å². The normalized spacial score (nSPS) is 11.5. The lowest BCUT2D eigenvalue weighted by Gasteiger charge is -2.14. The van der Waals surface area contributed by atoms with Crippen LogP contribution in [-0.2, 0) is 20.9 Å². The Labute approximate surface area is 126 Å². The standard InChI is InChI=1S/C13H18N2O5S/c1-8-3-4-9(21-8)7-14-13(19)15-10(12(17)18)5-6-11(16)20-2/h3-4,10H,5-7H2,1-2H3,(H,17,18)(H2,14,15,19)/t10-/m1/s1. The van der Waals surface area contributed by atoms with Gasteiger partial charge in [0.1, 0.15) is 6.04 Å². The van der Waals surface area contributed by atoms with Crippen molar-refractivity contribution in [1.82, 2.24) is 10.6 Å². The Morgan fingerprint density at radius 3 is 2.62 bits per heavy atom.